The van der Waals surface area contributed by atoms with Gasteiger partial charge in [-0.3, -0.25) is 0 Å². The molecule has 28 heavy (non-hydrogen) atoms. The summed E-state index contributed by atoms with van der Waals surface area (Å²) in [7, 11) is -1.99. The molecule has 2 aromatic rings. The number of carbonyl (C=O) groups excluding carboxylic acids is 1. The molecule has 1 saturated heterocycles. The lowest BCUT2D eigenvalue weighted by Gasteiger charge is -2.35. The van der Waals surface area contributed by atoms with Gasteiger partial charge in [-0.05, 0) is 43.3 Å². The average molecular weight is 404 g/mol. The van der Waals surface area contributed by atoms with Crippen molar-refractivity contribution in [2.24, 2.45) is 0 Å². The molecule has 0 amide bonds. The molecular formula is C20H24N2O5S. The Morgan fingerprint density at radius 3 is 2.25 bits per heavy atom. The van der Waals surface area contributed by atoms with Crippen LogP contribution in [0.25, 0.3) is 0 Å². The molecule has 0 bridgehead atoms. The molecule has 0 radical (unpaired) electrons. The van der Waals surface area contributed by atoms with Gasteiger partial charge in [-0.2, -0.15) is 4.31 Å². The number of sulfonamides is 1. The second kappa shape index (κ2) is 8.62. The normalized spacial score (nSPS) is 15.3. The lowest BCUT2D eigenvalue weighted by molar-refractivity contribution is 0.0526. The first-order valence-corrected chi connectivity index (χ1v) is 10.6. The number of ether oxygens (including phenoxy) is 2. The minimum Gasteiger partial charge on any atom is -0.495 e. The summed E-state index contributed by atoms with van der Waals surface area (Å²) in [6.07, 6.45) is 0. The third-order valence-corrected chi connectivity index (χ3v) is 6.58. The third-order valence-electron chi connectivity index (χ3n) is 4.67. The monoisotopic (exact) mass is 404 g/mol. The van der Waals surface area contributed by atoms with Crippen LogP contribution in [0.3, 0.4) is 0 Å². The number of piperazine rings is 1. The lowest BCUT2D eigenvalue weighted by Crippen LogP contribution is -2.48. The standard InChI is InChI=1S/C20H24N2O5S/c1-3-27-20(23)16-8-10-17(11-9-16)28(24,25)22-14-12-21(13-15-22)18-6-4-5-7-19(18)26-2/h4-11H,3,12-15H2,1-2H3. The van der Waals surface area contributed by atoms with Gasteiger partial charge < -0.3 is 14.4 Å². The van der Waals surface area contributed by atoms with E-state index >= 15 is 0 Å². The Bertz CT molecular complexity index is 920. The predicted molar refractivity (Wildman–Crippen MR) is 106 cm³/mol. The molecule has 8 heteroatoms. The number of hydrogen-bond donors (Lipinski definition) is 0. The number of carbonyl (C=O) groups is 1. The molecule has 1 aliphatic rings. The number of methoxy groups -OCH3 is 1. The average Bonchev–Trinajstić information content (AvgIpc) is 2.74. The van der Waals surface area contributed by atoms with Gasteiger partial charge in [0, 0.05) is 26.2 Å². The Morgan fingerprint density at radius 1 is 1.00 bits per heavy atom. The Hall–Kier alpha value is -2.58. The molecule has 0 aromatic heterocycles. The fourth-order valence-corrected chi connectivity index (χ4v) is 4.61. The minimum absolute atomic E-state index is 0.172. The molecule has 0 N–H and O–H groups in total. The van der Waals surface area contributed by atoms with Crippen LogP contribution < -0.4 is 9.64 Å². The Morgan fingerprint density at radius 2 is 1.64 bits per heavy atom. The second-order valence-electron chi connectivity index (χ2n) is 6.31. The van der Waals surface area contributed by atoms with Crippen LogP contribution in [0.5, 0.6) is 5.75 Å². The highest BCUT2D eigenvalue weighted by molar-refractivity contribution is 7.89. The van der Waals surface area contributed by atoms with E-state index in [4.69, 9.17) is 9.47 Å². The first-order chi connectivity index (χ1) is 13.5. The van der Waals surface area contributed by atoms with Crippen LogP contribution in [0.2, 0.25) is 0 Å². The Kier molecular flexibility index (Phi) is 6.21. The predicted octanol–water partition coefficient (Wildman–Crippen LogP) is 2.38. The first kappa shape index (κ1) is 20.2. The summed E-state index contributed by atoms with van der Waals surface area (Å²) in [5.74, 6) is 0.310. The summed E-state index contributed by atoms with van der Waals surface area (Å²) in [6, 6.07) is 13.6. The Balaban J connectivity index is 1.70. The SMILES string of the molecule is CCOC(=O)c1ccc(S(=O)(=O)N2CCN(c3ccccc3OC)CC2)cc1. The third kappa shape index (κ3) is 4.13. The highest BCUT2D eigenvalue weighted by Crippen LogP contribution is 2.29. The molecule has 0 atom stereocenters. The van der Waals surface area contributed by atoms with E-state index in [-0.39, 0.29) is 11.5 Å². The molecule has 0 unspecified atom stereocenters. The van der Waals surface area contributed by atoms with Crippen molar-refractivity contribution in [1.29, 1.82) is 0 Å². The zero-order chi connectivity index (χ0) is 20.1. The van der Waals surface area contributed by atoms with Crippen molar-refractivity contribution in [3.05, 3.63) is 54.1 Å². The highest BCUT2D eigenvalue weighted by Gasteiger charge is 2.29. The van der Waals surface area contributed by atoms with E-state index < -0.39 is 16.0 Å². The van der Waals surface area contributed by atoms with Gasteiger partial charge in [-0.25, -0.2) is 13.2 Å². The van der Waals surface area contributed by atoms with Crippen LogP contribution in [-0.4, -0.2) is 58.6 Å². The molecule has 0 aliphatic carbocycles. The number of esters is 1. The van der Waals surface area contributed by atoms with Crippen molar-refractivity contribution in [3.63, 3.8) is 0 Å². The molecule has 0 spiro atoms. The number of nitrogens with zero attached hydrogens (tertiary/aromatic N) is 2. The van der Waals surface area contributed by atoms with Crippen molar-refractivity contribution >= 4 is 21.7 Å². The first-order valence-electron chi connectivity index (χ1n) is 9.12. The van der Waals surface area contributed by atoms with Crippen LogP contribution in [-0.2, 0) is 14.8 Å². The molecule has 150 valence electrons. The van der Waals surface area contributed by atoms with Crippen molar-refractivity contribution in [2.75, 3.05) is 44.8 Å². The summed E-state index contributed by atoms with van der Waals surface area (Å²) in [5, 5.41) is 0. The van der Waals surface area contributed by atoms with Gasteiger partial charge in [0.25, 0.3) is 0 Å². The minimum atomic E-state index is -3.61. The smallest absolute Gasteiger partial charge is 0.338 e. The number of para-hydroxylation sites is 2. The maximum atomic E-state index is 12.9. The fourth-order valence-electron chi connectivity index (χ4n) is 3.19. The zero-order valence-electron chi connectivity index (χ0n) is 16.0. The van der Waals surface area contributed by atoms with E-state index in [9.17, 15) is 13.2 Å². The molecule has 3 rings (SSSR count). The van der Waals surface area contributed by atoms with Crippen LogP contribution >= 0.6 is 0 Å². The summed E-state index contributed by atoms with van der Waals surface area (Å²) in [6.45, 7) is 3.89. The van der Waals surface area contributed by atoms with Crippen LogP contribution in [0.15, 0.2) is 53.4 Å². The van der Waals surface area contributed by atoms with Crippen molar-refractivity contribution in [1.82, 2.24) is 4.31 Å². The molecule has 7 nitrogen and oxygen atoms in total. The van der Waals surface area contributed by atoms with Crippen molar-refractivity contribution < 1.29 is 22.7 Å². The van der Waals surface area contributed by atoms with Gasteiger partial charge in [0.05, 0.1) is 29.9 Å². The molecule has 1 heterocycles. The largest absolute Gasteiger partial charge is 0.495 e. The zero-order valence-corrected chi connectivity index (χ0v) is 16.8. The van der Waals surface area contributed by atoms with Gasteiger partial charge in [-0.1, -0.05) is 12.1 Å². The topological polar surface area (TPSA) is 76.2 Å². The van der Waals surface area contributed by atoms with Crippen molar-refractivity contribution in [2.45, 2.75) is 11.8 Å². The number of rotatable bonds is 6. The number of anilines is 1. The van der Waals surface area contributed by atoms with E-state index in [1.54, 1.807) is 14.0 Å². The maximum Gasteiger partial charge on any atom is 0.338 e. The van der Waals surface area contributed by atoms with Gasteiger partial charge >= 0.3 is 5.97 Å². The van der Waals surface area contributed by atoms with Crippen molar-refractivity contribution in [3.8, 4) is 5.75 Å². The van der Waals surface area contributed by atoms with E-state index in [2.05, 4.69) is 4.90 Å². The molecule has 0 saturated carbocycles. The molecular weight excluding hydrogens is 380 g/mol. The number of hydrogen-bond acceptors (Lipinski definition) is 6. The van der Waals surface area contributed by atoms with Crippen LogP contribution in [0.4, 0.5) is 5.69 Å². The fraction of sp³-hybridized carbons (Fsp3) is 0.350. The van der Waals surface area contributed by atoms with E-state index in [0.29, 0.717) is 31.7 Å². The summed E-state index contributed by atoms with van der Waals surface area (Å²) < 4.78 is 37.7. The highest BCUT2D eigenvalue weighted by atomic mass is 32.2. The van der Waals surface area contributed by atoms with Crippen LogP contribution in [0.1, 0.15) is 17.3 Å². The molecule has 1 fully saturated rings. The van der Waals surface area contributed by atoms with E-state index in [1.807, 2.05) is 24.3 Å². The quantitative estimate of drug-likeness (QED) is 0.688. The summed E-state index contributed by atoms with van der Waals surface area (Å²) in [5.41, 5.74) is 1.29. The van der Waals surface area contributed by atoms with Gasteiger partial charge in [-0.15, -0.1) is 0 Å². The second-order valence-corrected chi connectivity index (χ2v) is 8.25. The molecule has 2 aromatic carbocycles. The maximum absolute atomic E-state index is 12.9. The lowest BCUT2D eigenvalue weighted by atomic mass is 10.2. The molecule has 1 aliphatic heterocycles. The van der Waals surface area contributed by atoms with Crippen LogP contribution in [0, 0.1) is 0 Å². The van der Waals surface area contributed by atoms with E-state index in [0.717, 1.165) is 11.4 Å². The van der Waals surface area contributed by atoms with Gasteiger partial charge in [0.15, 0.2) is 0 Å². The van der Waals surface area contributed by atoms with E-state index in [1.165, 1.54) is 28.6 Å². The number of benzene rings is 2. The van der Waals surface area contributed by atoms with Gasteiger partial charge in [0.2, 0.25) is 10.0 Å². The summed E-state index contributed by atoms with van der Waals surface area (Å²) >= 11 is 0. The Labute approximate surface area is 165 Å². The van der Waals surface area contributed by atoms with Gasteiger partial charge in [0.1, 0.15) is 5.75 Å². The summed E-state index contributed by atoms with van der Waals surface area (Å²) in [4.78, 5) is 14.0.